The summed E-state index contributed by atoms with van der Waals surface area (Å²) >= 11 is 0. The number of halogens is 2. The van der Waals surface area contributed by atoms with Gasteiger partial charge in [0.15, 0.2) is 0 Å². The summed E-state index contributed by atoms with van der Waals surface area (Å²) in [6.45, 7) is 2.67. The van der Waals surface area contributed by atoms with Gasteiger partial charge in [0.2, 0.25) is 0 Å². The van der Waals surface area contributed by atoms with Crippen molar-refractivity contribution in [1.82, 2.24) is 4.90 Å². The molecule has 2 atom stereocenters. The van der Waals surface area contributed by atoms with Crippen molar-refractivity contribution in [1.29, 1.82) is 0 Å². The molecule has 1 aliphatic rings. The van der Waals surface area contributed by atoms with Gasteiger partial charge in [0.05, 0.1) is 6.10 Å². The highest BCUT2D eigenvalue weighted by atomic mass is 19.3. The Bertz CT molecular complexity index is 180. The molecular weight excluding hydrogens is 190 g/mol. The fraction of sp³-hybridized carbons (Fsp3) is 1.00. The lowest BCUT2D eigenvalue weighted by Crippen LogP contribution is -2.50. The average Bonchev–Trinajstić information content (AvgIpc) is 2.15. The van der Waals surface area contributed by atoms with Crippen molar-refractivity contribution in [2.24, 2.45) is 5.73 Å². The largest absolute Gasteiger partial charge is 0.390 e. The molecule has 0 aliphatic carbocycles. The van der Waals surface area contributed by atoms with Crippen LogP contribution in [0.25, 0.3) is 0 Å². The first-order valence-electron chi connectivity index (χ1n) is 4.96. The second-order valence-electron chi connectivity index (χ2n) is 3.94. The summed E-state index contributed by atoms with van der Waals surface area (Å²) in [6, 6.07) is -0.129. The Morgan fingerprint density at radius 3 is 2.36 bits per heavy atom. The van der Waals surface area contributed by atoms with Crippen LogP contribution >= 0.6 is 0 Å². The van der Waals surface area contributed by atoms with Crippen molar-refractivity contribution in [3.63, 3.8) is 0 Å². The minimum atomic E-state index is -2.52. The summed E-state index contributed by atoms with van der Waals surface area (Å²) in [6.07, 6.45) is -0.856. The van der Waals surface area contributed by atoms with Crippen LogP contribution in [0.4, 0.5) is 8.78 Å². The number of alkyl halides is 2. The highest BCUT2D eigenvalue weighted by Crippen LogP contribution is 2.28. The van der Waals surface area contributed by atoms with E-state index < -0.39 is 12.0 Å². The number of hydrogen-bond donors (Lipinski definition) is 2. The van der Waals surface area contributed by atoms with Crippen molar-refractivity contribution in [3.8, 4) is 0 Å². The predicted molar refractivity (Wildman–Crippen MR) is 50.3 cm³/mol. The van der Waals surface area contributed by atoms with Crippen molar-refractivity contribution in [3.05, 3.63) is 0 Å². The molecule has 0 spiro atoms. The third-order valence-corrected chi connectivity index (χ3v) is 2.90. The minimum Gasteiger partial charge on any atom is -0.390 e. The smallest absolute Gasteiger partial charge is 0.250 e. The molecule has 0 bridgehead atoms. The van der Waals surface area contributed by atoms with Crippen LogP contribution in [0.1, 0.15) is 19.8 Å². The maximum atomic E-state index is 12.8. The summed E-state index contributed by atoms with van der Waals surface area (Å²) in [5.41, 5.74) is 5.31. The summed E-state index contributed by atoms with van der Waals surface area (Å²) in [5, 5.41) is 9.45. The molecular formula is C9H18F2N2O. The monoisotopic (exact) mass is 208 g/mol. The fourth-order valence-electron chi connectivity index (χ4n) is 1.70. The Hall–Kier alpha value is -0.260. The standard InChI is InChI=1S/C9H18F2N2O/c1-7(8(14)6-12)13-4-2-9(10,11)3-5-13/h7-8,14H,2-6,12H2,1H3. The maximum Gasteiger partial charge on any atom is 0.250 e. The van der Waals surface area contributed by atoms with Crippen LogP contribution in [0, 0.1) is 0 Å². The highest BCUT2D eigenvalue weighted by Gasteiger charge is 2.36. The number of rotatable bonds is 3. The van der Waals surface area contributed by atoms with E-state index >= 15 is 0 Å². The van der Waals surface area contributed by atoms with Crippen LogP contribution in [0.5, 0.6) is 0 Å². The molecule has 3 nitrogen and oxygen atoms in total. The minimum absolute atomic E-state index is 0.116. The van der Waals surface area contributed by atoms with Crippen molar-refractivity contribution >= 4 is 0 Å². The van der Waals surface area contributed by atoms with Crippen molar-refractivity contribution in [2.75, 3.05) is 19.6 Å². The first kappa shape index (κ1) is 11.8. The van der Waals surface area contributed by atoms with Crippen LogP contribution in [-0.2, 0) is 0 Å². The van der Waals surface area contributed by atoms with E-state index in [0.717, 1.165) is 0 Å². The number of aliphatic hydroxyl groups is 1. The molecule has 84 valence electrons. The van der Waals surface area contributed by atoms with Gasteiger partial charge in [-0.1, -0.05) is 0 Å². The molecule has 5 heteroatoms. The van der Waals surface area contributed by atoms with Gasteiger partial charge in [0, 0.05) is 38.5 Å². The normalized spacial score (nSPS) is 27.2. The molecule has 0 radical (unpaired) electrons. The van der Waals surface area contributed by atoms with Crippen LogP contribution < -0.4 is 5.73 Å². The Morgan fingerprint density at radius 1 is 1.43 bits per heavy atom. The highest BCUT2D eigenvalue weighted by molar-refractivity contribution is 4.83. The van der Waals surface area contributed by atoms with Crippen molar-refractivity contribution < 1.29 is 13.9 Å². The zero-order valence-electron chi connectivity index (χ0n) is 8.42. The number of piperidine rings is 1. The summed E-state index contributed by atoms with van der Waals surface area (Å²) < 4.78 is 25.6. The summed E-state index contributed by atoms with van der Waals surface area (Å²) in [7, 11) is 0. The molecule has 1 heterocycles. The molecule has 1 rings (SSSR count). The lowest BCUT2D eigenvalue weighted by atomic mass is 10.0. The van der Waals surface area contributed by atoms with Gasteiger partial charge in [-0.15, -0.1) is 0 Å². The molecule has 0 aromatic carbocycles. The first-order valence-corrected chi connectivity index (χ1v) is 4.96. The van der Waals surface area contributed by atoms with E-state index in [9.17, 15) is 13.9 Å². The molecule has 0 amide bonds. The zero-order chi connectivity index (χ0) is 10.8. The second kappa shape index (κ2) is 4.51. The first-order chi connectivity index (χ1) is 6.46. The topological polar surface area (TPSA) is 49.5 Å². The van der Waals surface area contributed by atoms with Gasteiger partial charge in [0.25, 0.3) is 5.92 Å². The van der Waals surface area contributed by atoms with Crippen LogP contribution in [0.15, 0.2) is 0 Å². The van der Waals surface area contributed by atoms with E-state index in [0.29, 0.717) is 13.1 Å². The van der Waals surface area contributed by atoms with Crippen LogP contribution in [0.2, 0.25) is 0 Å². The van der Waals surface area contributed by atoms with E-state index in [1.165, 1.54) is 0 Å². The lowest BCUT2D eigenvalue weighted by molar-refractivity contribution is -0.0720. The van der Waals surface area contributed by atoms with Gasteiger partial charge in [0.1, 0.15) is 0 Å². The molecule has 3 N–H and O–H groups in total. The third kappa shape index (κ3) is 2.87. The average molecular weight is 208 g/mol. The van der Waals surface area contributed by atoms with E-state index in [1.54, 1.807) is 0 Å². The number of likely N-dealkylation sites (tertiary alicyclic amines) is 1. The Labute approximate surface area is 82.9 Å². The lowest BCUT2D eigenvalue weighted by Gasteiger charge is -2.37. The Morgan fingerprint density at radius 2 is 1.93 bits per heavy atom. The van der Waals surface area contributed by atoms with Gasteiger partial charge in [-0.3, -0.25) is 4.90 Å². The Balaban J connectivity index is 2.41. The molecule has 0 aromatic rings. The number of nitrogens with two attached hydrogens (primary N) is 1. The van der Waals surface area contributed by atoms with E-state index in [-0.39, 0.29) is 25.4 Å². The van der Waals surface area contributed by atoms with E-state index in [1.807, 2.05) is 11.8 Å². The molecule has 0 aromatic heterocycles. The van der Waals surface area contributed by atoms with E-state index in [4.69, 9.17) is 5.73 Å². The zero-order valence-corrected chi connectivity index (χ0v) is 8.42. The number of hydrogen-bond acceptors (Lipinski definition) is 3. The predicted octanol–water partition coefficient (Wildman–Crippen LogP) is 0.426. The maximum absolute atomic E-state index is 12.8. The van der Waals surface area contributed by atoms with Gasteiger partial charge in [-0.25, -0.2) is 8.78 Å². The number of aliphatic hydroxyl groups excluding tert-OH is 1. The Kier molecular flexibility index (Phi) is 3.80. The molecule has 1 fully saturated rings. The fourth-order valence-corrected chi connectivity index (χ4v) is 1.70. The molecule has 2 unspecified atom stereocenters. The molecule has 1 saturated heterocycles. The van der Waals surface area contributed by atoms with Gasteiger partial charge in [-0.2, -0.15) is 0 Å². The summed E-state index contributed by atoms with van der Waals surface area (Å²) in [5.74, 6) is -2.52. The molecule has 0 saturated carbocycles. The second-order valence-corrected chi connectivity index (χ2v) is 3.94. The quantitative estimate of drug-likeness (QED) is 0.707. The number of nitrogens with zero attached hydrogens (tertiary/aromatic N) is 1. The summed E-state index contributed by atoms with van der Waals surface area (Å²) in [4.78, 5) is 1.87. The van der Waals surface area contributed by atoms with E-state index in [2.05, 4.69) is 0 Å². The van der Waals surface area contributed by atoms with Crippen LogP contribution in [0.3, 0.4) is 0 Å². The van der Waals surface area contributed by atoms with Crippen molar-refractivity contribution in [2.45, 2.75) is 37.8 Å². The SMILES string of the molecule is CC(C(O)CN)N1CCC(F)(F)CC1. The third-order valence-electron chi connectivity index (χ3n) is 2.90. The molecule has 14 heavy (non-hydrogen) atoms. The molecule has 1 aliphatic heterocycles. The van der Waals surface area contributed by atoms with Crippen LogP contribution in [-0.4, -0.2) is 47.7 Å². The van der Waals surface area contributed by atoms with Gasteiger partial charge < -0.3 is 10.8 Å². The van der Waals surface area contributed by atoms with Gasteiger partial charge >= 0.3 is 0 Å². The van der Waals surface area contributed by atoms with Gasteiger partial charge in [-0.05, 0) is 6.92 Å².